The standard InChI is InChI=1S/C12H16O3S/c1-8(15-10(3)14)4-5-11-6-7-12(16-11)9(2)13/h6-8H,4-5H2,1-3H3. The summed E-state index contributed by atoms with van der Waals surface area (Å²) in [5.74, 6) is -0.146. The molecule has 0 aliphatic heterocycles. The molecule has 0 aromatic carbocycles. The quantitative estimate of drug-likeness (QED) is 0.587. The van der Waals surface area contributed by atoms with Crippen LogP contribution in [0.4, 0.5) is 0 Å². The normalized spacial score (nSPS) is 12.2. The molecule has 1 aromatic rings. The van der Waals surface area contributed by atoms with Gasteiger partial charge in [0.05, 0.1) is 11.0 Å². The topological polar surface area (TPSA) is 43.4 Å². The SMILES string of the molecule is CC(=O)OC(C)CCc1ccc(C(C)=O)s1. The van der Waals surface area contributed by atoms with Gasteiger partial charge < -0.3 is 4.74 Å². The third-order valence-electron chi connectivity index (χ3n) is 2.17. The number of carbonyl (C=O) groups is 2. The maximum Gasteiger partial charge on any atom is 0.302 e. The van der Waals surface area contributed by atoms with Crippen LogP contribution in [0, 0.1) is 0 Å². The summed E-state index contributed by atoms with van der Waals surface area (Å²) in [5, 5.41) is 0. The molecule has 1 heterocycles. The highest BCUT2D eigenvalue weighted by Gasteiger charge is 2.08. The molecule has 0 aliphatic rings. The lowest BCUT2D eigenvalue weighted by Crippen LogP contribution is -2.12. The number of ether oxygens (including phenoxy) is 1. The fraction of sp³-hybridized carbons (Fsp3) is 0.500. The fourth-order valence-corrected chi connectivity index (χ4v) is 2.31. The second-order valence-corrected chi connectivity index (χ2v) is 4.95. The molecular formula is C12H16O3S. The monoisotopic (exact) mass is 240 g/mol. The zero-order valence-electron chi connectivity index (χ0n) is 9.78. The Morgan fingerprint density at radius 3 is 2.56 bits per heavy atom. The minimum atomic E-state index is -0.247. The van der Waals surface area contributed by atoms with Crippen molar-refractivity contribution in [2.45, 2.75) is 39.7 Å². The van der Waals surface area contributed by atoms with E-state index in [9.17, 15) is 9.59 Å². The Balaban J connectivity index is 2.42. The Labute approximate surface area is 99.4 Å². The van der Waals surface area contributed by atoms with Crippen LogP contribution in [0.5, 0.6) is 0 Å². The van der Waals surface area contributed by atoms with E-state index in [2.05, 4.69) is 0 Å². The van der Waals surface area contributed by atoms with Gasteiger partial charge >= 0.3 is 5.97 Å². The maximum atomic E-state index is 11.1. The highest BCUT2D eigenvalue weighted by atomic mass is 32.1. The van der Waals surface area contributed by atoms with E-state index < -0.39 is 0 Å². The number of rotatable bonds is 5. The molecule has 0 fully saturated rings. The van der Waals surface area contributed by atoms with Crippen molar-refractivity contribution >= 4 is 23.1 Å². The van der Waals surface area contributed by atoms with Gasteiger partial charge in [0.15, 0.2) is 5.78 Å². The van der Waals surface area contributed by atoms with E-state index in [0.717, 1.165) is 22.6 Å². The van der Waals surface area contributed by atoms with E-state index in [4.69, 9.17) is 4.74 Å². The van der Waals surface area contributed by atoms with Crippen LogP contribution in [0.25, 0.3) is 0 Å². The average Bonchev–Trinajstić information content (AvgIpc) is 2.61. The van der Waals surface area contributed by atoms with Crippen LogP contribution < -0.4 is 0 Å². The van der Waals surface area contributed by atoms with Crippen molar-refractivity contribution in [1.29, 1.82) is 0 Å². The number of carbonyl (C=O) groups excluding carboxylic acids is 2. The molecule has 0 N–H and O–H groups in total. The first kappa shape index (κ1) is 12.9. The third-order valence-corrected chi connectivity index (χ3v) is 3.42. The Hall–Kier alpha value is -1.16. The molecular weight excluding hydrogens is 224 g/mol. The van der Waals surface area contributed by atoms with E-state index in [1.807, 2.05) is 19.1 Å². The molecule has 1 rings (SSSR count). The number of ketones is 1. The van der Waals surface area contributed by atoms with Gasteiger partial charge in [0.2, 0.25) is 0 Å². The lowest BCUT2D eigenvalue weighted by Gasteiger charge is -2.10. The zero-order chi connectivity index (χ0) is 12.1. The van der Waals surface area contributed by atoms with E-state index in [0.29, 0.717) is 0 Å². The van der Waals surface area contributed by atoms with Crippen LogP contribution >= 0.6 is 11.3 Å². The summed E-state index contributed by atoms with van der Waals surface area (Å²) in [6.07, 6.45) is 1.56. The maximum absolute atomic E-state index is 11.1. The minimum Gasteiger partial charge on any atom is -0.463 e. The molecule has 88 valence electrons. The number of thiophene rings is 1. The third kappa shape index (κ3) is 4.14. The van der Waals surface area contributed by atoms with E-state index in [-0.39, 0.29) is 17.9 Å². The lowest BCUT2D eigenvalue weighted by atomic mass is 10.2. The lowest BCUT2D eigenvalue weighted by molar-refractivity contribution is -0.145. The van der Waals surface area contributed by atoms with Gasteiger partial charge in [0.25, 0.3) is 0 Å². The molecule has 0 spiro atoms. The van der Waals surface area contributed by atoms with E-state index in [1.165, 1.54) is 18.3 Å². The number of aryl methyl sites for hydroxylation is 1. The first-order valence-corrected chi connectivity index (χ1v) is 6.07. The zero-order valence-corrected chi connectivity index (χ0v) is 10.6. The summed E-state index contributed by atoms with van der Waals surface area (Å²) in [5.41, 5.74) is 0. The second kappa shape index (κ2) is 5.80. The highest BCUT2D eigenvalue weighted by Crippen LogP contribution is 2.19. The van der Waals surface area contributed by atoms with Crippen molar-refractivity contribution < 1.29 is 14.3 Å². The average molecular weight is 240 g/mol. The number of Topliss-reactive ketones (excluding diaryl/α,β-unsaturated/α-hetero) is 1. The molecule has 0 saturated heterocycles. The summed E-state index contributed by atoms with van der Waals surface area (Å²) in [4.78, 5) is 23.7. The van der Waals surface area contributed by atoms with Gasteiger partial charge in [0.1, 0.15) is 0 Å². The molecule has 0 aliphatic carbocycles. The Morgan fingerprint density at radius 2 is 2.06 bits per heavy atom. The first-order chi connectivity index (χ1) is 7.49. The van der Waals surface area contributed by atoms with Gasteiger partial charge in [-0.25, -0.2) is 0 Å². The van der Waals surface area contributed by atoms with Crippen LogP contribution in [0.2, 0.25) is 0 Å². The van der Waals surface area contributed by atoms with Crippen LogP contribution in [-0.4, -0.2) is 17.9 Å². The number of esters is 1. The summed E-state index contributed by atoms with van der Waals surface area (Å²) in [7, 11) is 0. The molecule has 1 atom stereocenters. The van der Waals surface area contributed by atoms with Crippen LogP contribution in [0.3, 0.4) is 0 Å². The van der Waals surface area contributed by atoms with Gasteiger partial charge in [0, 0.05) is 11.8 Å². The second-order valence-electron chi connectivity index (χ2n) is 3.78. The number of hydrogen-bond acceptors (Lipinski definition) is 4. The molecule has 0 radical (unpaired) electrons. The van der Waals surface area contributed by atoms with Crippen molar-refractivity contribution in [3.05, 3.63) is 21.9 Å². The van der Waals surface area contributed by atoms with Crippen molar-refractivity contribution in [2.75, 3.05) is 0 Å². The highest BCUT2D eigenvalue weighted by molar-refractivity contribution is 7.14. The minimum absolute atomic E-state index is 0.0691. The van der Waals surface area contributed by atoms with Crippen molar-refractivity contribution in [3.63, 3.8) is 0 Å². The van der Waals surface area contributed by atoms with Gasteiger partial charge in [-0.3, -0.25) is 9.59 Å². The van der Waals surface area contributed by atoms with Gasteiger partial charge in [-0.05, 0) is 38.8 Å². The summed E-state index contributed by atoms with van der Waals surface area (Å²) >= 11 is 1.51. The summed E-state index contributed by atoms with van der Waals surface area (Å²) in [6.45, 7) is 4.85. The Morgan fingerprint density at radius 1 is 1.38 bits per heavy atom. The van der Waals surface area contributed by atoms with Gasteiger partial charge in [-0.15, -0.1) is 11.3 Å². The van der Waals surface area contributed by atoms with Crippen molar-refractivity contribution in [3.8, 4) is 0 Å². The first-order valence-electron chi connectivity index (χ1n) is 5.26. The van der Waals surface area contributed by atoms with Crippen LogP contribution in [0.1, 0.15) is 41.7 Å². The molecule has 0 bridgehead atoms. The van der Waals surface area contributed by atoms with Crippen molar-refractivity contribution in [1.82, 2.24) is 0 Å². The largest absolute Gasteiger partial charge is 0.463 e. The Kier molecular flexibility index (Phi) is 4.68. The molecule has 3 nitrogen and oxygen atoms in total. The molecule has 0 amide bonds. The molecule has 0 saturated carbocycles. The van der Waals surface area contributed by atoms with Crippen LogP contribution in [0.15, 0.2) is 12.1 Å². The summed E-state index contributed by atoms with van der Waals surface area (Å²) in [6, 6.07) is 3.81. The predicted molar refractivity (Wildman–Crippen MR) is 63.9 cm³/mol. The van der Waals surface area contributed by atoms with Crippen molar-refractivity contribution in [2.24, 2.45) is 0 Å². The van der Waals surface area contributed by atoms with E-state index >= 15 is 0 Å². The molecule has 4 heteroatoms. The van der Waals surface area contributed by atoms with Crippen LogP contribution in [-0.2, 0) is 16.0 Å². The number of hydrogen-bond donors (Lipinski definition) is 0. The molecule has 1 unspecified atom stereocenters. The fourth-order valence-electron chi connectivity index (χ4n) is 1.39. The molecule has 1 aromatic heterocycles. The van der Waals surface area contributed by atoms with Gasteiger partial charge in [-0.1, -0.05) is 0 Å². The van der Waals surface area contributed by atoms with E-state index in [1.54, 1.807) is 6.92 Å². The Bertz CT molecular complexity index is 381. The summed E-state index contributed by atoms with van der Waals surface area (Å²) < 4.78 is 5.02. The smallest absolute Gasteiger partial charge is 0.302 e. The molecule has 16 heavy (non-hydrogen) atoms. The predicted octanol–water partition coefficient (Wildman–Crippen LogP) is 2.83. The van der Waals surface area contributed by atoms with Gasteiger partial charge in [-0.2, -0.15) is 0 Å².